The van der Waals surface area contributed by atoms with Crippen molar-refractivity contribution in [3.05, 3.63) is 0 Å². The fourth-order valence-corrected chi connectivity index (χ4v) is 1.26. The Labute approximate surface area is 59.8 Å². The van der Waals surface area contributed by atoms with Crippen LogP contribution in [0.5, 0.6) is 0 Å². The maximum absolute atomic E-state index is 12.7. The van der Waals surface area contributed by atoms with E-state index < -0.39 is 12.0 Å². The molecule has 0 spiro atoms. The van der Waals surface area contributed by atoms with Crippen LogP contribution in [0.15, 0.2) is 0 Å². The lowest BCUT2D eigenvalue weighted by molar-refractivity contribution is -0.0626. The number of rotatable bonds is 0. The van der Waals surface area contributed by atoms with Crippen molar-refractivity contribution in [2.24, 2.45) is 0 Å². The quantitative estimate of drug-likeness (QED) is 0.553. The van der Waals surface area contributed by atoms with Gasteiger partial charge in [0.25, 0.3) is 5.92 Å². The van der Waals surface area contributed by atoms with Gasteiger partial charge >= 0.3 is 0 Å². The van der Waals surface area contributed by atoms with Gasteiger partial charge in [0, 0.05) is 12.5 Å². The monoisotopic (exact) mass is 149 g/mol. The summed E-state index contributed by atoms with van der Waals surface area (Å²) >= 11 is 0. The van der Waals surface area contributed by atoms with E-state index in [1.54, 1.807) is 0 Å². The van der Waals surface area contributed by atoms with Gasteiger partial charge in [-0.25, -0.2) is 8.78 Å². The molecule has 1 nitrogen and oxygen atoms in total. The van der Waals surface area contributed by atoms with Gasteiger partial charge in [0.2, 0.25) is 0 Å². The van der Waals surface area contributed by atoms with Crippen LogP contribution in [0.4, 0.5) is 8.78 Å². The summed E-state index contributed by atoms with van der Waals surface area (Å²) in [5, 5.41) is 2.82. The number of hydrogen-bond acceptors (Lipinski definition) is 1. The van der Waals surface area contributed by atoms with Crippen molar-refractivity contribution in [3.8, 4) is 0 Å². The summed E-state index contributed by atoms with van der Waals surface area (Å²) in [5.41, 5.74) is 0. The number of alkyl halides is 2. The Hall–Kier alpha value is -0.180. The molecule has 0 bridgehead atoms. The Morgan fingerprint density at radius 2 is 2.00 bits per heavy atom. The molecule has 1 rings (SSSR count). The third-order valence-corrected chi connectivity index (χ3v) is 2.08. The van der Waals surface area contributed by atoms with Crippen LogP contribution in [0.2, 0.25) is 0 Å². The Morgan fingerprint density at radius 1 is 1.40 bits per heavy atom. The van der Waals surface area contributed by atoms with Gasteiger partial charge in [-0.2, -0.15) is 0 Å². The topological polar surface area (TPSA) is 12.0 Å². The summed E-state index contributed by atoms with van der Waals surface area (Å²) in [6.07, 6.45) is 0.611. The van der Waals surface area contributed by atoms with Crippen molar-refractivity contribution in [2.75, 3.05) is 0 Å². The van der Waals surface area contributed by atoms with E-state index in [1.165, 1.54) is 6.92 Å². The zero-order chi connectivity index (χ0) is 7.78. The second-order valence-electron chi connectivity index (χ2n) is 3.09. The molecule has 0 aromatic carbocycles. The highest BCUT2D eigenvalue weighted by atomic mass is 19.3. The fourth-order valence-electron chi connectivity index (χ4n) is 1.26. The molecule has 60 valence electrons. The first-order valence-electron chi connectivity index (χ1n) is 3.66. The third kappa shape index (κ3) is 1.45. The van der Waals surface area contributed by atoms with Gasteiger partial charge in [0.1, 0.15) is 0 Å². The summed E-state index contributed by atoms with van der Waals surface area (Å²) in [6.45, 7) is 3.47. The van der Waals surface area contributed by atoms with E-state index >= 15 is 0 Å². The van der Waals surface area contributed by atoms with E-state index in [4.69, 9.17) is 0 Å². The predicted molar refractivity (Wildman–Crippen MR) is 36.2 cm³/mol. The van der Waals surface area contributed by atoms with Gasteiger partial charge in [-0.3, -0.25) is 0 Å². The molecule has 2 atom stereocenters. The molecule has 0 aromatic rings. The molecule has 0 saturated carbocycles. The fraction of sp³-hybridized carbons (Fsp3) is 1.00. The van der Waals surface area contributed by atoms with Crippen molar-refractivity contribution < 1.29 is 8.78 Å². The lowest BCUT2D eigenvalue weighted by atomic mass is 9.97. The van der Waals surface area contributed by atoms with Gasteiger partial charge in [0.05, 0.1) is 6.04 Å². The summed E-state index contributed by atoms with van der Waals surface area (Å²) in [5.74, 6) is -2.49. The first-order chi connectivity index (χ1) is 4.52. The van der Waals surface area contributed by atoms with E-state index in [0.29, 0.717) is 6.42 Å². The average molecular weight is 149 g/mol. The Morgan fingerprint density at radius 3 is 2.40 bits per heavy atom. The van der Waals surface area contributed by atoms with Crippen LogP contribution in [-0.2, 0) is 0 Å². The lowest BCUT2D eigenvalue weighted by Crippen LogP contribution is -2.51. The van der Waals surface area contributed by atoms with Crippen molar-refractivity contribution in [1.82, 2.24) is 5.32 Å². The number of nitrogens with one attached hydrogen (secondary N) is 1. The Balaban J connectivity index is 2.52. The van der Waals surface area contributed by atoms with E-state index in [0.717, 1.165) is 0 Å². The van der Waals surface area contributed by atoms with E-state index in [1.807, 2.05) is 6.92 Å². The van der Waals surface area contributed by atoms with Gasteiger partial charge in [-0.05, 0) is 20.3 Å². The zero-order valence-corrected chi connectivity index (χ0v) is 6.32. The van der Waals surface area contributed by atoms with Crippen molar-refractivity contribution >= 4 is 0 Å². The van der Waals surface area contributed by atoms with E-state index in [9.17, 15) is 8.78 Å². The highest BCUT2D eigenvalue weighted by Gasteiger charge is 2.40. The highest BCUT2D eigenvalue weighted by Crippen LogP contribution is 2.29. The first-order valence-corrected chi connectivity index (χ1v) is 3.66. The minimum atomic E-state index is -2.49. The summed E-state index contributed by atoms with van der Waals surface area (Å²) in [4.78, 5) is 0. The maximum Gasteiger partial charge on any atom is 0.262 e. The molecule has 1 aliphatic rings. The normalized spacial score (nSPS) is 39.6. The van der Waals surface area contributed by atoms with Crippen LogP contribution in [0.3, 0.4) is 0 Å². The van der Waals surface area contributed by atoms with Gasteiger partial charge < -0.3 is 5.32 Å². The van der Waals surface area contributed by atoms with Crippen LogP contribution in [0.1, 0.15) is 26.7 Å². The molecule has 0 radical (unpaired) electrons. The van der Waals surface area contributed by atoms with Gasteiger partial charge in [-0.1, -0.05) is 0 Å². The average Bonchev–Trinajstić information content (AvgIpc) is 1.81. The standard InChI is InChI=1S/C7H13F2N/c1-5-3-4-7(8,9)6(2)10-5/h5-6,10H,3-4H2,1-2H3. The van der Waals surface area contributed by atoms with Crippen molar-refractivity contribution in [3.63, 3.8) is 0 Å². The molecule has 1 N–H and O–H groups in total. The lowest BCUT2D eigenvalue weighted by Gasteiger charge is -2.33. The molecule has 1 saturated heterocycles. The zero-order valence-electron chi connectivity index (χ0n) is 6.32. The summed E-state index contributed by atoms with van der Waals surface area (Å²) in [6, 6.07) is -0.411. The minimum Gasteiger partial charge on any atom is -0.306 e. The maximum atomic E-state index is 12.7. The van der Waals surface area contributed by atoms with Gasteiger partial charge in [-0.15, -0.1) is 0 Å². The molecule has 10 heavy (non-hydrogen) atoms. The van der Waals surface area contributed by atoms with E-state index in [2.05, 4.69) is 5.32 Å². The summed E-state index contributed by atoms with van der Waals surface area (Å²) in [7, 11) is 0. The molecule has 2 unspecified atom stereocenters. The molecule has 1 heterocycles. The van der Waals surface area contributed by atoms with Crippen LogP contribution in [-0.4, -0.2) is 18.0 Å². The number of hydrogen-bond donors (Lipinski definition) is 1. The Kier molecular flexibility index (Phi) is 1.95. The van der Waals surface area contributed by atoms with Crippen LogP contribution >= 0.6 is 0 Å². The van der Waals surface area contributed by atoms with Crippen LogP contribution in [0, 0.1) is 0 Å². The first kappa shape index (κ1) is 7.92. The van der Waals surface area contributed by atoms with Crippen LogP contribution < -0.4 is 5.32 Å². The molecule has 1 aliphatic heterocycles. The highest BCUT2D eigenvalue weighted by molar-refractivity contribution is 4.87. The van der Waals surface area contributed by atoms with Crippen LogP contribution in [0.25, 0.3) is 0 Å². The molecular formula is C7H13F2N. The second-order valence-corrected chi connectivity index (χ2v) is 3.09. The molecule has 0 aromatic heterocycles. The molecular weight excluding hydrogens is 136 g/mol. The number of halogens is 2. The largest absolute Gasteiger partial charge is 0.306 e. The smallest absolute Gasteiger partial charge is 0.262 e. The van der Waals surface area contributed by atoms with Gasteiger partial charge in [0.15, 0.2) is 0 Å². The van der Waals surface area contributed by atoms with E-state index in [-0.39, 0.29) is 12.5 Å². The molecule has 0 aliphatic carbocycles. The Bertz CT molecular complexity index is 125. The minimum absolute atomic E-state index is 0.0301. The predicted octanol–water partition coefficient (Wildman–Crippen LogP) is 1.78. The SMILES string of the molecule is CC1CCC(F)(F)C(C)N1. The third-order valence-electron chi connectivity index (χ3n) is 2.08. The molecule has 3 heteroatoms. The second kappa shape index (κ2) is 2.46. The number of piperidine rings is 1. The van der Waals surface area contributed by atoms with Crippen molar-refractivity contribution in [2.45, 2.75) is 44.7 Å². The summed E-state index contributed by atoms with van der Waals surface area (Å²) < 4.78 is 25.4. The molecule has 1 fully saturated rings. The van der Waals surface area contributed by atoms with Crippen molar-refractivity contribution in [1.29, 1.82) is 0 Å². The molecule has 0 amide bonds.